The first-order valence-electron chi connectivity index (χ1n) is 6.00. The van der Waals surface area contributed by atoms with E-state index in [0.29, 0.717) is 17.6 Å². The van der Waals surface area contributed by atoms with Crippen LogP contribution in [0.4, 0.5) is 0 Å². The highest BCUT2D eigenvalue weighted by Crippen LogP contribution is 2.24. The summed E-state index contributed by atoms with van der Waals surface area (Å²) in [6.07, 6.45) is 3.93. The summed E-state index contributed by atoms with van der Waals surface area (Å²) >= 11 is 5.97. The fourth-order valence-electron chi connectivity index (χ4n) is 1.97. The standard InChI is InChI=1S/C12H18ClN3O2/c1-8-10(13)6-16(15-8)7-12(2,11(17)18-3)14-9-4-5-9/h6,9,14H,4-5,7H2,1-3H3. The summed E-state index contributed by atoms with van der Waals surface area (Å²) in [5, 5.41) is 8.20. The van der Waals surface area contributed by atoms with Crippen molar-refractivity contribution in [3.8, 4) is 0 Å². The van der Waals surface area contributed by atoms with Crippen molar-refractivity contribution >= 4 is 17.6 Å². The lowest BCUT2D eigenvalue weighted by Gasteiger charge is -2.28. The third-order valence-electron chi connectivity index (χ3n) is 3.10. The molecule has 1 unspecified atom stereocenters. The molecule has 1 fully saturated rings. The van der Waals surface area contributed by atoms with Gasteiger partial charge in [-0.2, -0.15) is 5.10 Å². The van der Waals surface area contributed by atoms with Crippen molar-refractivity contribution < 1.29 is 9.53 Å². The molecular weight excluding hydrogens is 254 g/mol. The lowest BCUT2D eigenvalue weighted by Crippen LogP contribution is -2.54. The average molecular weight is 272 g/mol. The summed E-state index contributed by atoms with van der Waals surface area (Å²) in [6.45, 7) is 4.08. The number of aromatic nitrogens is 2. The first-order chi connectivity index (χ1) is 8.44. The molecule has 0 bridgehead atoms. The minimum Gasteiger partial charge on any atom is -0.468 e. The number of halogens is 1. The zero-order chi connectivity index (χ0) is 13.3. The molecule has 5 nitrogen and oxygen atoms in total. The minimum atomic E-state index is -0.766. The van der Waals surface area contributed by atoms with Gasteiger partial charge in [0.1, 0.15) is 5.54 Å². The van der Waals surface area contributed by atoms with Crippen LogP contribution in [-0.4, -0.2) is 34.4 Å². The van der Waals surface area contributed by atoms with E-state index in [2.05, 4.69) is 10.4 Å². The van der Waals surface area contributed by atoms with Crippen molar-refractivity contribution in [1.29, 1.82) is 0 Å². The van der Waals surface area contributed by atoms with Gasteiger partial charge in [0.25, 0.3) is 0 Å². The van der Waals surface area contributed by atoms with E-state index in [0.717, 1.165) is 18.5 Å². The molecule has 0 aliphatic heterocycles. The lowest BCUT2D eigenvalue weighted by molar-refractivity contribution is -0.148. The van der Waals surface area contributed by atoms with E-state index in [1.165, 1.54) is 7.11 Å². The van der Waals surface area contributed by atoms with E-state index in [1.54, 1.807) is 10.9 Å². The summed E-state index contributed by atoms with van der Waals surface area (Å²) < 4.78 is 6.56. The van der Waals surface area contributed by atoms with Crippen molar-refractivity contribution in [3.63, 3.8) is 0 Å². The Bertz CT molecular complexity index is 437. The van der Waals surface area contributed by atoms with Gasteiger partial charge in [0.2, 0.25) is 0 Å². The van der Waals surface area contributed by atoms with Crippen LogP contribution in [0.1, 0.15) is 25.5 Å². The summed E-state index contributed by atoms with van der Waals surface area (Å²) in [7, 11) is 1.40. The first-order valence-corrected chi connectivity index (χ1v) is 6.38. The van der Waals surface area contributed by atoms with Gasteiger partial charge in [0, 0.05) is 12.2 Å². The Morgan fingerprint density at radius 3 is 2.83 bits per heavy atom. The monoisotopic (exact) mass is 271 g/mol. The minimum absolute atomic E-state index is 0.279. The van der Waals surface area contributed by atoms with Gasteiger partial charge in [0.05, 0.1) is 24.4 Å². The van der Waals surface area contributed by atoms with Gasteiger partial charge in [-0.1, -0.05) is 11.6 Å². The largest absolute Gasteiger partial charge is 0.468 e. The molecule has 0 spiro atoms. The second-order valence-corrected chi connectivity index (χ2v) is 5.41. The molecular formula is C12H18ClN3O2. The first kappa shape index (κ1) is 13.4. The fourth-order valence-corrected chi connectivity index (χ4v) is 2.12. The Morgan fingerprint density at radius 1 is 1.72 bits per heavy atom. The molecule has 2 rings (SSSR count). The molecule has 1 aliphatic carbocycles. The molecule has 1 saturated carbocycles. The van der Waals surface area contributed by atoms with Gasteiger partial charge in [-0.25, -0.2) is 4.79 Å². The number of esters is 1. The van der Waals surface area contributed by atoms with Crippen LogP contribution in [0.5, 0.6) is 0 Å². The van der Waals surface area contributed by atoms with E-state index >= 15 is 0 Å². The lowest BCUT2D eigenvalue weighted by atomic mass is 10.0. The number of carbonyl (C=O) groups is 1. The van der Waals surface area contributed by atoms with Gasteiger partial charge < -0.3 is 4.74 Å². The maximum atomic E-state index is 11.9. The number of rotatable bonds is 5. The van der Waals surface area contributed by atoms with Crippen molar-refractivity contribution in [2.45, 2.75) is 44.8 Å². The molecule has 0 saturated heterocycles. The van der Waals surface area contributed by atoms with Crippen LogP contribution >= 0.6 is 11.6 Å². The highest BCUT2D eigenvalue weighted by molar-refractivity contribution is 6.31. The molecule has 6 heteroatoms. The summed E-state index contributed by atoms with van der Waals surface area (Å²) in [5.74, 6) is -0.279. The molecule has 0 amide bonds. The second-order valence-electron chi connectivity index (χ2n) is 5.00. The number of hydrogen-bond donors (Lipinski definition) is 1. The van der Waals surface area contributed by atoms with Crippen LogP contribution in [0.2, 0.25) is 5.02 Å². The Kier molecular flexibility index (Phi) is 3.64. The third kappa shape index (κ3) is 2.84. The van der Waals surface area contributed by atoms with E-state index in [9.17, 15) is 4.79 Å². The summed E-state index contributed by atoms with van der Waals surface area (Å²) in [4.78, 5) is 11.9. The van der Waals surface area contributed by atoms with Crippen LogP contribution in [0.3, 0.4) is 0 Å². The predicted octanol–water partition coefficient (Wildman–Crippen LogP) is 1.53. The second kappa shape index (κ2) is 4.90. The summed E-state index contributed by atoms with van der Waals surface area (Å²) in [5.41, 5.74) is -0.00662. The third-order valence-corrected chi connectivity index (χ3v) is 3.47. The van der Waals surface area contributed by atoms with Crippen LogP contribution in [0.15, 0.2) is 6.20 Å². The fraction of sp³-hybridized carbons (Fsp3) is 0.667. The highest BCUT2D eigenvalue weighted by atomic mass is 35.5. The van der Waals surface area contributed by atoms with Crippen molar-refractivity contribution in [2.75, 3.05) is 7.11 Å². The quantitative estimate of drug-likeness (QED) is 0.825. The molecule has 100 valence electrons. The molecule has 1 N–H and O–H groups in total. The normalized spacial score (nSPS) is 18.4. The summed E-state index contributed by atoms with van der Waals surface area (Å²) in [6, 6.07) is 0.404. The zero-order valence-corrected chi connectivity index (χ0v) is 11.6. The number of ether oxygens (including phenoxy) is 1. The van der Waals surface area contributed by atoms with E-state index < -0.39 is 5.54 Å². The number of carbonyl (C=O) groups excluding carboxylic acids is 1. The Morgan fingerprint density at radius 2 is 2.39 bits per heavy atom. The molecule has 0 radical (unpaired) electrons. The Hall–Kier alpha value is -1.07. The van der Waals surface area contributed by atoms with Crippen LogP contribution in [-0.2, 0) is 16.1 Å². The Labute approximate surface area is 111 Å². The number of aryl methyl sites for hydroxylation is 1. The molecule has 1 aromatic rings. The maximum absolute atomic E-state index is 11.9. The topological polar surface area (TPSA) is 56.2 Å². The van der Waals surface area contributed by atoms with Crippen LogP contribution in [0, 0.1) is 6.92 Å². The number of hydrogen-bond acceptors (Lipinski definition) is 4. The molecule has 1 aliphatic rings. The van der Waals surface area contributed by atoms with E-state index in [4.69, 9.17) is 16.3 Å². The SMILES string of the molecule is COC(=O)C(C)(Cn1cc(Cl)c(C)n1)NC1CC1. The number of nitrogens with one attached hydrogen (secondary N) is 1. The van der Waals surface area contributed by atoms with Gasteiger partial charge in [0.15, 0.2) is 0 Å². The Balaban J connectivity index is 2.15. The van der Waals surface area contributed by atoms with Crippen LogP contribution < -0.4 is 5.32 Å². The van der Waals surface area contributed by atoms with Crippen LogP contribution in [0.25, 0.3) is 0 Å². The number of methoxy groups -OCH3 is 1. The van der Waals surface area contributed by atoms with Crippen molar-refractivity contribution in [2.24, 2.45) is 0 Å². The maximum Gasteiger partial charge on any atom is 0.327 e. The van der Waals surface area contributed by atoms with Crippen molar-refractivity contribution in [1.82, 2.24) is 15.1 Å². The van der Waals surface area contributed by atoms with Gasteiger partial charge in [-0.05, 0) is 26.7 Å². The van der Waals surface area contributed by atoms with Crippen molar-refractivity contribution in [3.05, 3.63) is 16.9 Å². The molecule has 1 aromatic heterocycles. The predicted molar refractivity (Wildman–Crippen MR) is 68.6 cm³/mol. The smallest absolute Gasteiger partial charge is 0.327 e. The van der Waals surface area contributed by atoms with Gasteiger partial charge in [-0.3, -0.25) is 10.00 Å². The van der Waals surface area contributed by atoms with E-state index in [1.807, 2.05) is 13.8 Å². The van der Waals surface area contributed by atoms with Gasteiger partial charge >= 0.3 is 5.97 Å². The highest BCUT2D eigenvalue weighted by Gasteiger charge is 2.40. The van der Waals surface area contributed by atoms with Gasteiger partial charge in [-0.15, -0.1) is 0 Å². The molecule has 18 heavy (non-hydrogen) atoms. The molecule has 0 aromatic carbocycles. The van der Waals surface area contributed by atoms with E-state index in [-0.39, 0.29) is 5.97 Å². The zero-order valence-electron chi connectivity index (χ0n) is 10.9. The molecule has 1 atom stereocenters. The molecule has 1 heterocycles. The average Bonchev–Trinajstić information content (AvgIpc) is 3.05. The number of nitrogens with zero attached hydrogens (tertiary/aromatic N) is 2.